The van der Waals surface area contributed by atoms with Crippen molar-refractivity contribution in [3.8, 4) is 5.75 Å². The van der Waals surface area contributed by atoms with Crippen LogP contribution in [0.5, 0.6) is 5.75 Å². The third-order valence-electron chi connectivity index (χ3n) is 6.96. The Bertz CT molecular complexity index is 1520. The molecule has 0 aliphatic heterocycles. The van der Waals surface area contributed by atoms with Crippen molar-refractivity contribution < 1.29 is 32.2 Å². The summed E-state index contributed by atoms with van der Waals surface area (Å²) in [5, 5.41) is 9.57. The van der Waals surface area contributed by atoms with Crippen LogP contribution in [0.2, 0.25) is 0 Å². The number of hydrogen-bond acceptors (Lipinski definition) is 9. The maximum Gasteiger partial charge on any atom is 0.530 e. The highest BCUT2D eigenvalue weighted by atomic mass is 31.2. The van der Waals surface area contributed by atoms with Gasteiger partial charge in [0.15, 0.2) is 5.82 Å². The number of carbonyl (C=O) groups excluding carboxylic acids is 2. The molecule has 46 heavy (non-hydrogen) atoms. The molecule has 0 saturated heterocycles. The smallest absolute Gasteiger partial charge is 0.404 e. The highest BCUT2D eigenvalue weighted by Gasteiger charge is 2.30. The Morgan fingerprint density at radius 2 is 1.46 bits per heavy atom. The first-order valence-electron chi connectivity index (χ1n) is 15.4. The van der Waals surface area contributed by atoms with Gasteiger partial charge in [0.25, 0.3) is 0 Å². The number of benzene rings is 3. The van der Waals surface area contributed by atoms with E-state index in [2.05, 4.69) is 27.7 Å². The Kier molecular flexibility index (Phi) is 13.1. The van der Waals surface area contributed by atoms with Gasteiger partial charge in [0.05, 0.1) is 13.2 Å². The van der Waals surface area contributed by atoms with Crippen LogP contribution in [0.3, 0.4) is 0 Å². The summed E-state index contributed by atoms with van der Waals surface area (Å²) in [7, 11) is -4.04. The molecule has 0 aliphatic rings. The second-order valence-electron chi connectivity index (χ2n) is 10.9. The number of hydrogen-bond donors (Lipinski definition) is 2. The van der Waals surface area contributed by atoms with Crippen molar-refractivity contribution in [2.75, 3.05) is 0 Å². The summed E-state index contributed by atoms with van der Waals surface area (Å²) in [5.41, 5.74) is 2.36. The highest BCUT2D eigenvalue weighted by molar-refractivity contribution is 7.48. The Morgan fingerprint density at radius 1 is 0.848 bits per heavy atom. The molecule has 0 spiro atoms. The van der Waals surface area contributed by atoms with Crippen molar-refractivity contribution in [3.63, 3.8) is 0 Å². The third-order valence-corrected chi connectivity index (χ3v) is 8.28. The Labute approximate surface area is 269 Å². The molecule has 0 saturated carbocycles. The quantitative estimate of drug-likeness (QED) is 0.0896. The van der Waals surface area contributed by atoms with Crippen LogP contribution in [0.15, 0.2) is 89.5 Å². The van der Waals surface area contributed by atoms with Crippen LogP contribution in [0, 0.1) is 0 Å². The molecule has 0 fully saturated rings. The van der Waals surface area contributed by atoms with Gasteiger partial charge in [-0.3, -0.25) is 18.6 Å². The van der Waals surface area contributed by atoms with Gasteiger partial charge in [-0.15, -0.1) is 0 Å². The van der Waals surface area contributed by atoms with E-state index in [1.807, 2.05) is 60.7 Å². The van der Waals surface area contributed by atoms with Gasteiger partial charge >= 0.3 is 7.82 Å². The van der Waals surface area contributed by atoms with Crippen molar-refractivity contribution in [1.29, 1.82) is 0 Å². The number of aromatic nitrogens is 2. The predicted molar refractivity (Wildman–Crippen MR) is 173 cm³/mol. The van der Waals surface area contributed by atoms with E-state index in [4.69, 9.17) is 18.1 Å². The summed E-state index contributed by atoms with van der Waals surface area (Å²) in [6.45, 7) is 5.28. The molecule has 0 radical (unpaired) electrons. The van der Waals surface area contributed by atoms with E-state index in [-0.39, 0.29) is 31.3 Å². The number of phosphoric ester groups is 1. The van der Waals surface area contributed by atoms with Crippen LogP contribution >= 0.6 is 7.82 Å². The average molecular weight is 649 g/mol. The fourth-order valence-electron chi connectivity index (χ4n) is 4.51. The number of unbranched alkanes of at least 4 members (excludes halogenated alkanes) is 2. The van der Waals surface area contributed by atoms with E-state index >= 15 is 0 Å². The minimum Gasteiger partial charge on any atom is -0.404 e. The second kappa shape index (κ2) is 17.4. The number of nitrogens with one attached hydrogen (secondary N) is 2. The van der Waals surface area contributed by atoms with E-state index in [0.29, 0.717) is 18.1 Å². The van der Waals surface area contributed by atoms with Gasteiger partial charge in [0.1, 0.15) is 17.8 Å². The van der Waals surface area contributed by atoms with Crippen LogP contribution in [0.4, 0.5) is 0 Å². The molecule has 2 atom stereocenters. The summed E-state index contributed by atoms with van der Waals surface area (Å²) in [5.74, 6) is 0.410. The molecule has 4 aromatic rings. The van der Waals surface area contributed by atoms with E-state index in [9.17, 15) is 14.2 Å². The van der Waals surface area contributed by atoms with Gasteiger partial charge in [0.2, 0.25) is 17.7 Å². The molecule has 1 heterocycles. The predicted octanol–water partition coefficient (Wildman–Crippen LogP) is 6.65. The molecule has 1 aromatic heterocycles. The van der Waals surface area contributed by atoms with Crippen molar-refractivity contribution in [2.45, 2.75) is 78.2 Å². The van der Waals surface area contributed by atoms with Crippen LogP contribution in [-0.4, -0.2) is 28.0 Å². The molecule has 3 aromatic carbocycles. The van der Waals surface area contributed by atoms with E-state index in [1.165, 1.54) is 6.92 Å². The fraction of sp³-hybridized carbons (Fsp3) is 0.353. The van der Waals surface area contributed by atoms with Crippen LogP contribution in [-0.2, 0) is 49.3 Å². The second-order valence-corrected chi connectivity index (χ2v) is 12.5. The van der Waals surface area contributed by atoms with Gasteiger partial charge in [-0.1, -0.05) is 97.7 Å². The minimum atomic E-state index is -4.04. The van der Waals surface area contributed by atoms with Crippen LogP contribution in [0.25, 0.3) is 0 Å². The first-order chi connectivity index (χ1) is 22.2. The van der Waals surface area contributed by atoms with Gasteiger partial charge in [-0.2, -0.15) is 4.98 Å². The van der Waals surface area contributed by atoms with E-state index < -0.39 is 25.8 Å². The van der Waals surface area contributed by atoms with Gasteiger partial charge in [0, 0.05) is 19.8 Å². The number of rotatable bonds is 18. The van der Waals surface area contributed by atoms with Gasteiger partial charge < -0.3 is 19.7 Å². The molecule has 0 bridgehead atoms. The van der Waals surface area contributed by atoms with E-state index in [0.717, 1.165) is 36.0 Å². The Hall–Kier alpha value is -4.31. The summed E-state index contributed by atoms with van der Waals surface area (Å²) in [6, 6.07) is 23.9. The average Bonchev–Trinajstić information content (AvgIpc) is 3.54. The van der Waals surface area contributed by atoms with Crippen molar-refractivity contribution in [1.82, 2.24) is 20.8 Å². The third kappa shape index (κ3) is 11.2. The van der Waals surface area contributed by atoms with Crippen molar-refractivity contribution in [3.05, 3.63) is 113 Å². The monoisotopic (exact) mass is 648 g/mol. The lowest BCUT2D eigenvalue weighted by atomic mass is 10.0. The molecule has 4 rings (SSSR count). The van der Waals surface area contributed by atoms with Crippen LogP contribution < -0.4 is 15.2 Å². The lowest BCUT2D eigenvalue weighted by Crippen LogP contribution is -2.48. The first kappa shape index (κ1) is 34.6. The van der Waals surface area contributed by atoms with Gasteiger partial charge in [-0.05, 0) is 42.2 Å². The maximum absolute atomic E-state index is 13.7. The van der Waals surface area contributed by atoms with Crippen LogP contribution in [0.1, 0.15) is 74.5 Å². The van der Waals surface area contributed by atoms with Crippen molar-refractivity contribution >= 4 is 19.6 Å². The summed E-state index contributed by atoms with van der Waals surface area (Å²) < 4.78 is 36.3. The standard InChI is InChI=1S/C34H41N4O7P/c1-4-5-8-17-32-37-34(44-38-32)25(2)35-33(40)31(36-26(3)39)22-27-18-20-30(21-19-27)45-46(41,42-23-28-13-9-6-10-14-28)43-24-29-15-11-7-12-16-29/h6-7,9-16,18-21,25,31H,4-5,8,17,22-24H2,1-3H3,(H,35,40)(H,36,39)/t25-,31-/m0/s1. The van der Waals surface area contributed by atoms with Crippen molar-refractivity contribution in [2.24, 2.45) is 0 Å². The highest BCUT2D eigenvalue weighted by Crippen LogP contribution is 2.51. The largest absolute Gasteiger partial charge is 0.530 e. The molecule has 244 valence electrons. The summed E-state index contributed by atoms with van der Waals surface area (Å²) in [4.78, 5) is 29.6. The summed E-state index contributed by atoms with van der Waals surface area (Å²) in [6.07, 6.45) is 4.02. The fourth-order valence-corrected chi connectivity index (χ4v) is 5.68. The molecular weight excluding hydrogens is 607 g/mol. The molecule has 0 aliphatic carbocycles. The number of nitrogens with zero attached hydrogens (tertiary/aromatic N) is 2. The Balaban J connectivity index is 1.39. The molecule has 12 heteroatoms. The molecule has 0 unspecified atom stereocenters. The lowest BCUT2D eigenvalue weighted by Gasteiger charge is -2.20. The van der Waals surface area contributed by atoms with E-state index in [1.54, 1.807) is 31.2 Å². The minimum absolute atomic E-state index is 0.0285. The summed E-state index contributed by atoms with van der Waals surface area (Å²) >= 11 is 0. The maximum atomic E-state index is 13.7. The number of aryl methyl sites for hydroxylation is 1. The molecule has 11 nitrogen and oxygen atoms in total. The SMILES string of the molecule is CCCCCc1noc([C@H](C)NC(=O)[C@H](Cc2ccc(OP(=O)(OCc3ccccc3)OCc3ccccc3)cc2)NC(C)=O)n1. The lowest BCUT2D eigenvalue weighted by molar-refractivity contribution is -0.128. The normalized spacial score (nSPS) is 12.7. The zero-order valence-electron chi connectivity index (χ0n) is 26.4. The molecule has 2 amide bonds. The zero-order chi connectivity index (χ0) is 32.8. The molecular formula is C34H41N4O7P. The van der Waals surface area contributed by atoms with Gasteiger partial charge in [-0.25, -0.2) is 4.57 Å². The Morgan fingerprint density at radius 3 is 2.02 bits per heavy atom. The number of carbonyl (C=O) groups is 2. The molecule has 2 N–H and O–H groups in total. The number of amides is 2. The topological polar surface area (TPSA) is 142 Å². The zero-order valence-corrected chi connectivity index (χ0v) is 27.3. The number of phosphoric acid groups is 1. The first-order valence-corrected chi connectivity index (χ1v) is 16.8.